The first kappa shape index (κ1) is 14.0. The minimum Gasteiger partial charge on any atom is -0.399 e. The van der Waals surface area contributed by atoms with Gasteiger partial charge in [-0.3, -0.25) is 0 Å². The fourth-order valence-corrected chi connectivity index (χ4v) is 3.47. The summed E-state index contributed by atoms with van der Waals surface area (Å²) in [5.74, 6) is 0.113. The highest BCUT2D eigenvalue weighted by Crippen LogP contribution is 2.24. The molecule has 17 heavy (non-hydrogen) atoms. The van der Waals surface area contributed by atoms with E-state index in [2.05, 4.69) is 0 Å². The number of benzene rings is 1. The van der Waals surface area contributed by atoms with Gasteiger partial charge in [0.25, 0.3) is 0 Å². The molecule has 0 unspecified atom stereocenters. The third kappa shape index (κ3) is 3.20. The molecule has 0 aliphatic heterocycles. The van der Waals surface area contributed by atoms with Crippen LogP contribution in [0, 0.1) is 0 Å². The molecule has 0 heterocycles. The molecule has 0 aliphatic rings. The predicted molar refractivity (Wildman–Crippen MR) is 71.3 cm³/mol. The smallest absolute Gasteiger partial charge is 0.154 e. The molecule has 96 valence electrons. The molecule has 4 nitrogen and oxygen atoms in total. The van der Waals surface area contributed by atoms with Crippen molar-refractivity contribution >= 4 is 15.5 Å². The third-order valence-corrected chi connectivity index (χ3v) is 5.32. The lowest BCUT2D eigenvalue weighted by molar-refractivity contribution is 0.549. The Morgan fingerprint density at radius 3 is 2.41 bits per heavy atom. The van der Waals surface area contributed by atoms with E-state index in [1.165, 1.54) is 0 Å². The number of nitrogen functional groups attached to an aromatic ring is 1. The molecule has 0 fully saturated rings. The second kappa shape index (κ2) is 5.51. The minimum atomic E-state index is -3.14. The Bertz CT molecular complexity index is 471. The predicted octanol–water partition coefficient (Wildman–Crippen LogP) is 1.48. The van der Waals surface area contributed by atoms with E-state index in [4.69, 9.17) is 11.5 Å². The van der Waals surface area contributed by atoms with Crippen molar-refractivity contribution in [3.63, 3.8) is 0 Å². The largest absolute Gasteiger partial charge is 0.399 e. The first-order valence-electron chi connectivity index (χ1n) is 5.75. The highest BCUT2D eigenvalue weighted by molar-refractivity contribution is 7.92. The minimum absolute atomic E-state index is 0.113. The molecule has 0 spiro atoms. The number of hydrogen-bond acceptors (Lipinski definition) is 4. The zero-order valence-corrected chi connectivity index (χ0v) is 11.1. The van der Waals surface area contributed by atoms with Gasteiger partial charge in [0.2, 0.25) is 0 Å². The van der Waals surface area contributed by atoms with Gasteiger partial charge in [-0.2, -0.15) is 0 Å². The highest BCUT2D eigenvalue weighted by Gasteiger charge is 2.29. The van der Waals surface area contributed by atoms with Crippen LogP contribution in [0.5, 0.6) is 0 Å². The normalized spacial score (nSPS) is 15.5. The van der Waals surface area contributed by atoms with Crippen molar-refractivity contribution in [3.8, 4) is 0 Å². The zero-order chi connectivity index (χ0) is 13.1. The topological polar surface area (TPSA) is 86.2 Å². The molecule has 0 radical (unpaired) electrons. The van der Waals surface area contributed by atoms with Crippen molar-refractivity contribution in [2.24, 2.45) is 5.73 Å². The number of anilines is 1. The van der Waals surface area contributed by atoms with Crippen molar-refractivity contribution in [1.29, 1.82) is 0 Å². The number of rotatable bonds is 5. The molecule has 0 bridgehead atoms. The van der Waals surface area contributed by atoms with E-state index < -0.39 is 21.1 Å². The molecular weight excluding hydrogens is 236 g/mol. The maximum absolute atomic E-state index is 11.9. The fraction of sp³-hybridized carbons (Fsp3) is 0.500. The van der Waals surface area contributed by atoms with Crippen molar-refractivity contribution in [3.05, 3.63) is 29.8 Å². The molecule has 2 atom stereocenters. The van der Waals surface area contributed by atoms with Gasteiger partial charge in [-0.05, 0) is 24.1 Å². The summed E-state index contributed by atoms with van der Waals surface area (Å²) < 4.78 is 23.8. The molecule has 0 saturated heterocycles. The van der Waals surface area contributed by atoms with Gasteiger partial charge in [-0.1, -0.05) is 26.0 Å². The Balaban J connectivity index is 3.06. The lowest BCUT2D eigenvalue weighted by atomic mass is 10.0. The summed E-state index contributed by atoms with van der Waals surface area (Å²) in [6, 6.07) is 6.57. The monoisotopic (exact) mass is 256 g/mol. The van der Waals surface area contributed by atoms with E-state index in [0.717, 1.165) is 5.56 Å². The number of hydrogen-bond donors (Lipinski definition) is 2. The van der Waals surface area contributed by atoms with Gasteiger partial charge >= 0.3 is 0 Å². The second-order valence-corrected chi connectivity index (χ2v) is 6.60. The summed E-state index contributed by atoms with van der Waals surface area (Å²) in [5, 5.41) is -0.547. The Morgan fingerprint density at radius 1 is 1.29 bits per heavy atom. The van der Waals surface area contributed by atoms with Crippen LogP contribution in [0.3, 0.4) is 0 Å². The van der Waals surface area contributed by atoms with E-state index in [1.54, 1.807) is 25.1 Å². The van der Waals surface area contributed by atoms with E-state index in [0.29, 0.717) is 12.1 Å². The van der Waals surface area contributed by atoms with Crippen LogP contribution < -0.4 is 11.5 Å². The van der Waals surface area contributed by atoms with E-state index in [-0.39, 0.29) is 5.75 Å². The SMILES string of the molecule is CC[C@H]([C@H](N)c1cccc(N)c1)S(=O)(=O)CC. The van der Waals surface area contributed by atoms with E-state index in [1.807, 2.05) is 13.0 Å². The van der Waals surface area contributed by atoms with Crippen molar-refractivity contribution in [2.75, 3.05) is 11.5 Å². The van der Waals surface area contributed by atoms with Gasteiger partial charge in [-0.15, -0.1) is 0 Å². The van der Waals surface area contributed by atoms with Crippen molar-refractivity contribution < 1.29 is 8.42 Å². The van der Waals surface area contributed by atoms with Crippen LogP contribution in [0.4, 0.5) is 5.69 Å². The van der Waals surface area contributed by atoms with E-state index in [9.17, 15) is 8.42 Å². The lowest BCUT2D eigenvalue weighted by Gasteiger charge is -2.22. The molecule has 1 rings (SSSR count). The van der Waals surface area contributed by atoms with Gasteiger partial charge in [0.1, 0.15) is 0 Å². The van der Waals surface area contributed by atoms with Crippen LogP contribution in [0.25, 0.3) is 0 Å². The van der Waals surface area contributed by atoms with Gasteiger partial charge in [0, 0.05) is 17.5 Å². The Hall–Kier alpha value is -1.07. The molecule has 0 aromatic heterocycles. The molecule has 4 N–H and O–H groups in total. The van der Waals surface area contributed by atoms with Gasteiger partial charge in [-0.25, -0.2) is 8.42 Å². The molecule has 1 aromatic rings. The Morgan fingerprint density at radius 2 is 1.94 bits per heavy atom. The highest BCUT2D eigenvalue weighted by atomic mass is 32.2. The summed E-state index contributed by atoms with van der Waals surface area (Å²) in [6.45, 7) is 3.48. The quantitative estimate of drug-likeness (QED) is 0.781. The van der Waals surface area contributed by atoms with Crippen LogP contribution in [0.15, 0.2) is 24.3 Å². The van der Waals surface area contributed by atoms with Crippen LogP contribution in [-0.2, 0) is 9.84 Å². The maximum Gasteiger partial charge on any atom is 0.154 e. The average molecular weight is 256 g/mol. The summed E-state index contributed by atoms with van der Waals surface area (Å²) in [5.41, 5.74) is 13.1. The molecule has 0 saturated carbocycles. The second-order valence-electron chi connectivity index (χ2n) is 4.09. The Kier molecular flexibility index (Phi) is 4.54. The summed E-state index contributed by atoms with van der Waals surface area (Å²) >= 11 is 0. The zero-order valence-electron chi connectivity index (χ0n) is 10.3. The molecule has 1 aromatic carbocycles. The van der Waals surface area contributed by atoms with Gasteiger partial charge < -0.3 is 11.5 Å². The molecule has 0 amide bonds. The summed E-state index contributed by atoms with van der Waals surface area (Å²) in [7, 11) is -3.14. The first-order valence-corrected chi connectivity index (χ1v) is 7.46. The Labute approximate surface area is 103 Å². The van der Waals surface area contributed by atoms with Crippen molar-refractivity contribution in [1.82, 2.24) is 0 Å². The summed E-state index contributed by atoms with van der Waals surface area (Å²) in [4.78, 5) is 0. The standard InChI is InChI=1S/C12H20N2O2S/c1-3-11(17(15,16)4-2)12(14)9-6-5-7-10(13)8-9/h5-8,11-12H,3-4,13-14H2,1-2H3/t11-,12-/m1/s1. The van der Waals surface area contributed by atoms with Crippen LogP contribution >= 0.6 is 0 Å². The van der Waals surface area contributed by atoms with Crippen LogP contribution in [0.2, 0.25) is 0 Å². The van der Waals surface area contributed by atoms with Gasteiger partial charge in [0.05, 0.1) is 5.25 Å². The number of nitrogens with two attached hydrogens (primary N) is 2. The fourth-order valence-electron chi connectivity index (χ4n) is 1.93. The van der Waals surface area contributed by atoms with Crippen molar-refractivity contribution in [2.45, 2.75) is 31.6 Å². The molecular formula is C12H20N2O2S. The van der Waals surface area contributed by atoms with Gasteiger partial charge in [0.15, 0.2) is 9.84 Å². The number of sulfone groups is 1. The third-order valence-electron chi connectivity index (χ3n) is 2.96. The van der Waals surface area contributed by atoms with Crippen LogP contribution in [0.1, 0.15) is 31.9 Å². The lowest BCUT2D eigenvalue weighted by Crippen LogP contribution is -2.34. The summed E-state index contributed by atoms with van der Waals surface area (Å²) in [6.07, 6.45) is 0.506. The first-order chi connectivity index (χ1) is 7.92. The molecule has 0 aliphatic carbocycles. The average Bonchev–Trinajstić information content (AvgIpc) is 2.29. The molecule has 5 heteroatoms. The van der Waals surface area contributed by atoms with Crippen LogP contribution in [-0.4, -0.2) is 19.4 Å². The van der Waals surface area contributed by atoms with E-state index >= 15 is 0 Å². The maximum atomic E-state index is 11.9.